The van der Waals surface area contributed by atoms with Crippen LogP contribution in [0.1, 0.15) is 42.6 Å². The maximum Gasteiger partial charge on any atom is 0.165 e. The smallest absolute Gasteiger partial charge is 0.165 e. The Kier molecular flexibility index (Phi) is 7.05. The van der Waals surface area contributed by atoms with E-state index in [-0.39, 0.29) is 5.16 Å². The highest BCUT2D eigenvalue weighted by Gasteiger charge is 2.32. The number of carbonyl (C=O) groups is 1. The molecule has 26 heavy (non-hydrogen) atoms. The molecule has 0 spiro atoms. The van der Waals surface area contributed by atoms with Crippen molar-refractivity contribution in [2.45, 2.75) is 31.8 Å². The zero-order valence-corrected chi connectivity index (χ0v) is 17.1. The second-order valence-electron chi connectivity index (χ2n) is 6.32. The van der Waals surface area contributed by atoms with E-state index < -0.39 is 0 Å². The van der Waals surface area contributed by atoms with Gasteiger partial charge in [-0.2, -0.15) is 0 Å². The minimum Gasteiger partial charge on any atom is -0.497 e. The van der Waals surface area contributed by atoms with Crippen molar-refractivity contribution >= 4 is 20.2 Å². The molecule has 140 valence electrons. The summed E-state index contributed by atoms with van der Waals surface area (Å²) in [6.07, 6.45) is 2.89. The molecule has 0 fully saturated rings. The lowest BCUT2D eigenvalue weighted by molar-refractivity contribution is 0.112. The van der Waals surface area contributed by atoms with Gasteiger partial charge in [0.1, 0.15) is 5.75 Å². The molecule has 0 saturated carbocycles. The van der Waals surface area contributed by atoms with Crippen molar-refractivity contribution in [3.05, 3.63) is 47.5 Å². The molecule has 2 aromatic rings. The fourth-order valence-corrected chi connectivity index (χ4v) is 5.00. The van der Waals surface area contributed by atoms with Gasteiger partial charge in [0.05, 0.1) is 21.3 Å². The molecule has 0 N–H and O–H groups in total. The van der Waals surface area contributed by atoms with E-state index in [0.29, 0.717) is 14.3 Å². The number of carbonyl (C=O) groups excluding carboxylic acids is 1. The van der Waals surface area contributed by atoms with E-state index in [0.717, 1.165) is 47.1 Å². The van der Waals surface area contributed by atoms with Gasteiger partial charge < -0.3 is 14.2 Å². The van der Waals surface area contributed by atoms with Crippen LogP contribution in [0.25, 0.3) is 0 Å². The van der Waals surface area contributed by atoms with Gasteiger partial charge >= 0.3 is 0 Å². The van der Waals surface area contributed by atoms with Crippen molar-refractivity contribution in [1.82, 2.24) is 0 Å². The quantitative estimate of drug-likeness (QED) is 0.477. The topological polar surface area (TPSA) is 44.8 Å². The first-order valence-electron chi connectivity index (χ1n) is 8.65. The number of hydrogen-bond donors (Lipinski definition) is 0. The molecule has 0 aliphatic carbocycles. The summed E-state index contributed by atoms with van der Waals surface area (Å²) in [6, 6.07) is 11.6. The van der Waals surface area contributed by atoms with Crippen molar-refractivity contribution in [2.24, 2.45) is 0 Å². The van der Waals surface area contributed by atoms with Crippen molar-refractivity contribution < 1.29 is 19.0 Å². The van der Waals surface area contributed by atoms with E-state index in [4.69, 9.17) is 14.2 Å². The minimum atomic E-state index is -0.207. The molecule has 2 unspecified atom stereocenters. The van der Waals surface area contributed by atoms with Crippen LogP contribution in [0.4, 0.5) is 0 Å². The van der Waals surface area contributed by atoms with Gasteiger partial charge in [-0.25, -0.2) is 0 Å². The molecule has 0 saturated heterocycles. The maximum atomic E-state index is 11.5. The van der Waals surface area contributed by atoms with Crippen LogP contribution in [0.3, 0.4) is 0 Å². The molecule has 0 bridgehead atoms. The number of ether oxygens (including phenoxy) is 3. The molecule has 2 rings (SSSR count). The van der Waals surface area contributed by atoms with E-state index in [1.165, 1.54) is 0 Å². The fourth-order valence-electron chi connectivity index (χ4n) is 3.24. The third-order valence-electron chi connectivity index (χ3n) is 4.53. The zero-order valence-electron chi connectivity index (χ0n) is 16.1. The first-order chi connectivity index (χ1) is 12.5. The summed E-state index contributed by atoms with van der Waals surface area (Å²) in [5.41, 5.74) is 1.78. The first kappa shape index (κ1) is 20.3. The van der Waals surface area contributed by atoms with Crippen LogP contribution in [-0.4, -0.2) is 27.6 Å². The van der Waals surface area contributed by atoms with E-state index in [2.05, 4.69) is 13.8 Å². The number of methoxy groups -OCH3 is 3. The molecule has 2 atom stereocenters. The molecular formula is C21H27O4P. The summed E-state index contributed by atoms with van der Waals surface area (Å²) in [7, 11) is 5.34. The zero-order chi connectivity index (χ0) is 19.2. The van der Waals surface area contributed by atoms with Crippen LogP contribution < -0.4 is 19.5 Å². The van der Waals surface area contributed by atoms with Crippen LogP contribution in [0.2, 0.25) is 0 Å². The van der Waals surface area contributed by atoms with Crippen molar-refractivity contribution in [2.75, 3.05) is 21.3 Å². The normalized spacial score (nSPS) is 13.4. The van der Waals surface area contributed by atoms with E-state index >= 15 is 0 Å². The predicted molar refractivity (Wildman–Crippen MR) is 108 cm³/mol. The van der Waals surface area contributed by atoms with E-state index in [9.17, 15) is 4.79 Å². The molecule has 0 heterocycles. The van der Waals surface area contributed by atoms with Crippen molar-refractivity contribution in [3.8, 4) is 17.2 Å². The van der Waals surface area contributed by atoms with Gasteiger partial charge in [0.15, 0.2) is 17.8 Å². The third kappa shape index (κ3) is 4.19. The number of rotatable bonds is 9. The highest BCUT2D eigenvalue weighted by molar-refractivity contribution is 7.48. The highest BCUT2D eigenvalue weighted by Crippen LogP contribution is 2.51. The molecular weight excluding hydrogens is 347 g/mol. The van der Waals surface area contributed by atoms with Crippen LogP contribution in [0.5, 0.6) is 17.2 Å². The van der Waals surface area contributed by atoms with E-state index in [1.54, 1.807) is 21.3 Å². The first-order valence-corrected chi connectivity index (χ1v) is 9.65. The summed E-state index contributed by atoms with van der Waals surface area (Å²) in [4.78, 5) is 11.5. The van der Waals surface area contributed by atoms with Crippen molar-refractivity contribution in [3.63, 3.8) is 0 Å². The average Bonchev–Trinajstić information content (AvgIpc) is 2.67. The summed E-state index contributed by atoms with van der Waals surface area (Å²) in [5, 5.41) is 0.850. The summed E-state index contributed by atoms with van der Waals surface area (Å²) in [6.45, 7) is 4.38. The van der Waals surface area contributed by atoms with Crippen LogP contribution in [-0.2, 0) is 5.16 Å². The Labute approximate surface area is 157 Å². The Morgan fingerprint density at radius 3 is 2.38 bits per heavy atom. The molecule has 0 aromatic heterocycles. The number of benzene rings is 2. The number of aldehydes is 1. The Hall–Kier alpha value is -2.06. The van der Waals surface area contributed by atoms with Gasteiger partial charge in [-0.15, -0.1) is 0 Å². The van der Waals surface area contributed by atoms with Gasteiger partial charge in [0.25, 0.3) is 0 Å². The van der Waals surface area contributed by atoms with Crippen LogP contribution >= 0.6 is 8.58 Å². The minimum absolute atomic E-state index is 0.207. The number of hydrogen-bond acceptors (Lipinski definition) is 4. The maximum absolute atomic E-state index is 11.5. The summed E-state index contributed by atoms with van der Waals surface area (Å²) >= 11 is 0. The lowest BCUT2D eigenvalue weighted by atomic mass is 9.93. The second-order valence-corrected chi connectivity index (χ2v) is 8.21. The molecule has 2 aromatic carbocycles. The third-order valence-corrected chi connectivity index (χ3v) is 6.33. The lowest BCUT2D eigenvalue weighted by Gasteiger charge is -2.33. The molecule has 4 nitrogen and oxygen atoms in total. The molecule has 0 aliphatic heterocycles. The fraction of sp³-hybridized carbons (Fsp3) is 0.381. The van der Waals surface area contributed by atoms with Gasteiger partial charge in [-0.3, -0.25) is 4.79 Å². The monoisotopic (exact) mass is 374 g/mol. The Bertz CT molecular complexity index is 760. The predicted octanol–water partition coefficient (Wildman–Crippen LogP) is 4.54. The van der Waals surface area contributed by atoms with E-state index in [1.807, 2.05) is 36.4 Å². The van der Waals surface area contributed by atoms with Gasteiger partial charge in [-0.05, 0) is 17.8 Å². The van der Waals surface area contributed by atoms with Gasteiger partial charge in [0, 0.05) is 22.3 Å². The van der Waals surface area contributed by atoms with Crippen LogP contribution in [0, 0.1) is 0 Å². The van der Waals surface area contributed by atoms with Crippen molar-refractivity contribution in [1.29, 1.82) is 0 Å². The molecule has 0 aliphatic rings. The Morgan fingerprint density at radius 1 is 1.08 bits per heavy atom. The molecule has 0 amide bonds. The van der Waals surface area contributed by atoms with Gasteiger partial charge in [0.2, 0.25) is 0 Å². The Balaban J connectivity index is 2.63. The highest BCUT2D eigenvalue weighted by atomic mass is 31.1. The molecule has 5 heteroatoms. The summed E-state index contributed by atoms with van der Waals surface area (Å²) < 4.78 is 16.7. The van der Waals surface area contributed by atoms with Gasteiger partial charge in [-0.1, -0.05) is 53.1 Å². The average molecular weight is 374 g/mol. The standard InChI is InChI=1S/C21H27O4P/c1-6-11-21(2,26-19-10-8-7-9-15(19)14-22)17-12-16(23-3)13-18(24-4)20(17)25-5/h7-10,12-14,26H,6,11H2,1-5H3. The SMILES string of the molecule is CCCC(C)(Pc1ccccc1C=O)c1cc(OC)cc(OC)c1OC. The lowest BCUT2D eigenvalue weighted by Crippen LogP contribution is -2.22. The largest absolute Gasteiger partial charge is 0.497 e. The van der Waals surface area contributed by atoms with Crippen LogP contribution in [0.15, 0.2) is 36.4 Å². The summed E-state index contributed by atoms with van der Waals surface area (Å²) in [5.74, 6) is 2.10. The Morgan fingerprint density at radius 2 is 1.81 bits per heavy atom. The second kappa shape index (κ2) is 9.05. The molecule has 0 radical (unpaired) electrons.